The minimum absolute atomic E-state index is 0.0956. The molecule has 0 aliphatic carbocycles. The lowest BCUT2D eigenvalue weighted by Crippen LogP contribution is -2.49. The van der Waals surface area contributed by atoms with Crippen molar-refractivity contribution in [3.05, 3.63) is 36.5 Å². The third-order valence-electron chi connectivity index (χ3n) is 3.54. The van der Waals surface area contributed by atoms with E-state index in [1.54, 1.807) is 23.4 Å². The van der Waals surface area contributed by atoms with Crippen molar-refractivity contribution in [3.8, 4) is 5.88 Å². The summed E-state index contributed by atoms with van der Waals surface area (Å²) in [6.45, 7) is 5.01. The second kappa shape index (κ2) is 6.99. The Bertz CT molecular complexity index is 658. The van der Waals surface area contributed by atoms with Crippen molar-refractivity contribution in [2.24, 2.45) is 0 Å². The highest BCUT2D eigenvalue weighted by Crippen LogP contribution is 2.15. The van der Waals surface area contributed by atoms with Gasteiger partial charge in [-0.05, 0) is 6.92 Å². The number of carbonyl (C=O) groups excluding carboxylic acids is 1. The predicted octanol–water partition coefficient (Wildman–Crippen LogP) is 0.628. The van der Waals surface area contributed by atoms with Gasteiger partial charge in [-0.1, -0.05) is 0 Å². The monoisotopic (exact) mass is 314 g/mol. The molecule has 8 nitrogen and oxygen atoms in total. The zero-order chi connectivity index (χ0) is 16.1. The SMILES string of the molecule is CCOc1ccnc(N2CCN(C(=O)c3cnccn3)CC2)n1. The van der Waals surface area contributed by atoms with Gasteiger partial charge in [-0.15, -0.1) is 0 Å². The van der Waals surface area contributed by atoms with Crippen molar-refractivity contribution in [1.29, 1.82) is 0 Å². The third-order valence-corrected chi connectivity index (χ3v) is 3.54. The van der Waals surface area contributed by atoms with Crippen LogP contribution in [0, 0.1) is 0 Å². The fraction of sp³-hybridized carbons (Fsp3) is 0.400. The van der Waals surface area contributed by atoms with Crippen LogP contribution in [0.1, 0.15) is 17.4 Å². The summed E-state index contributed by atoms with van der Waals surface area (Å²) in [4.78, 5) is 32.8. The standard InChI is InChI=1S/C15H18N6O2/c1-2-23-13-3-4-18-15(19-13)21-9-7-20(8-10-21)14(22)12-11-16-5-6-17-12/h3-6,11H,2,7-10H2,1H3. The highest BCUT2D eigenvalue weighted by Gasteiger charge is 2.24. The summed E-state index contributed by atoms with van der Waals surface area (Å²) in [5.41, 5.74) is 0.371. The molecule has 0 atom stereocenters. The van der Waals surface area contributed by atoms with Gasteiger partial charge in [0.2, 0.25) is 11.8 Å². The number of hydrogen-bond donors (Lipinski definition) is 0. The number of piperazine rings is 1. The fourth-order valence-corrected chi connectivity index (χ4v) is 2.39. The summed E-state index contributed by atoms with van der Waals surface area (Å²) in [7, 11) is 0. The maximum atomic E-state index is 12.3. The van der Waals surface area contributed by atoms with Crippen LogP contribution in [-0.2, 0) is 0 Å². The van der Waals surface area contributed by atoms with Crippen molar-refractivity contribution in [2.75, 3.05) is 37.7 Å². The molecule has 0 unspecified atom stereocenters. The molecular weight excluding hydrogens is 296 g/mol. The predicted molar refractivity (Wildman–Crippen MR) is 83.3 cm³/mol. The zero-order valence-electron chi connectivity index (χ0n) is 12.9. The minimum atomic E-state index is -0.0956. The van der Waals surface area contributed by atoms with Crippen molar-refractivity contribution < 1.29 is 9.53 Å². The average Bonchev–Trinajstić information content (AvgIpc) is 2.62. The van der Waals surface area contributed by atoms with E-state index in [0.29, 0.717) is 50.3 Å². The summed E-state index contributed by atoms with van der Waals surface area (Å²) >= 11 is 0. The van der Waals surface area contributed by atoms with Gasteiger partial charge in [-0.2, -0.15) is 4.98 Å². The molecule has 0 bridgehead atoms. The van der Waals surface area contributed by atoms with Gasteiger partial charge in [0.1, 0.15) is 5.69 Å². The molecule has 1 aliphatic heterocycles. The second-order valence-corrected chi connectivity index (χ2v) is 5.00. The van der Waals surface area contributed by atoms with E-state index in [4.69, 9.17) is 4.74 Å². The number of amides is 1. The maximum absolute atomic E-state index is 12.3. The fourth-order valence-electron chi connectivity index (χ4n) is 2.39. The Labute approximate surface area is 134 Å². The van der Waals surface area contributed by atoms with Crippen LogP contribution in [0.4, 0.5) is 5.95 Å². The van der Waals surface area contributed by atoms with Crippen molar-refractivity contribution >= 4 is 11.9 Å². The lowest BCUT2D eigenvalue weighted by molar-refractivity contribution is 0.0739. The Morgan fingerprint density at radius 1 is 1.17 bits per heavy atom. The van der Waals surface area contributed by atoms with Gasteiger partial charge in [0.25, 0.3) is 5.91 Å². The van der Waals surface area contributed by atoms with Crippen LogP contribution in [0.2, 0.25) is 0 Å². The van der Waals surface area contributed by atoms with Crippen LogP contribution in [0.15, 0.2) is 30.9 Å². The molecular formula is C15H18N6O2. The largest absolute Gasteiger partial charge is 0.478 e. The zero-order valence-corrected chi connectivity index (χ0v) is 12.9. The summed E-state index contributed by atoms with van der Waals surface area (Å²) in [6.07, 6.45) is 6.25. The van der Waals surface area contributed by atoms with Gasteiger partial charge in [-0.25, -0.2) is 9.97 Å². The first-order chi connectivity index (χ1) is 11.3. The highest BCUT2D eigenvalue weighted by atomic mass is 16.5. The van der Waals surface area contributed by atoms with Gasteiger partial charge in [0, 0.05) is 50.8 Å². The highest BCUT2D eigenvalue weighted by molar-refractivity contribution is 5.92. The van der Waals surface area contributed by atoms with Gasteiger partial charge >= 0.3 is 0 Å². The Morgan fingerprint density at radius 2 is 2.00 bits per heavy atom. The number of carbonyl (C=O) groups is 1. The van der Waals surface area contributed by atoms with E-state index in [0.717, 1.165) is 0 Å². The van der Waals surface area contributed by atoms with Crippen molar-refractivity contribution in [1.82, 2.24) is 24.8 Å². The van der Waals surface area contributed by atoms with E-state index >= 15 is 0 Å². The number of aromatic nitrogens is 4. The summed E-state index contributed by atoms with van der Waals surface area (Å²) in [5, 5.41) is 0. The number of ether oxygens (including phenoxy) is 1. The molecule has 0 aromatic carbocycles. The lowest BCUT2D eigenvalue weighted by atomic mass is 10.3. The van der Waals surface area contributed by atoms with E-state index in [-0.39, 0.29) is 5.91 Å². The maximum Gasteiger partial charge on any atom is 0.274 e. The Kier molecular flexibility index (Phi) is 4.60. The molecule has 120 valence electrons. The smallest absolute Gasteiger partial charge is 0.274 e. The molecule has 0 saturated carbocycles. The number of hydrogen-bond acceptors (Lipinski definition) is 7. The molecule has 3 rings (SSSR count). The summed E-state index contributed by atoms with van der Waals surface area (Å²) < 4.78 is 5.40. The minimum Gasteiger partial charge on any atom is -0.478 e. The first-order valence-electron chi connectivity index (χ1n) is 7.54. The van der Waals surface area contributed by atoms with Crippen molar-refractivity contribution in [2.45, 2.75) is 6.92 Å². The molecule has 1 fully saturated rings. The van der Waals surface area contributed by atoms with Gasteiger partial charge in [-0.3, -0.25) is 9.78 Å². The summed E-state index contributed by atoms with van der Waals surface area (Å²) in [6, 6.07) is 1.74. The average molecular weight is 314 g/mol. The topological polar surface area (TPSA) is 84.3 Å². The van der Waals surface area contributed by atoms with Crippen LogP contribution in [0.25, 0.3) is 0 Å². The van der Waals surface area contributed by atoms with Crippen LogP contribution in [0.3, 0.4) is 0 Å². The normalized spacial score (nSPS) is 14.7. The molecule has 2 aromatic rings. The van der Waals surface area contributed by atoms with Crippen molar-refractivity contribution in [3.63, 3.8) is 0 Å². The van der Waals surface area contributed by atoms with Crippen LogP contribution in [-0.4, -0.2) is 63.5 Å². The molecule has 1 saturated heterocycles. The van der Waals surface area contributed by atoms with Gasteiger partial charge in [0.15, 0.2) is 0 Å². The van der Waals surface area contributed by atoms with E-state index in [9.17, 15) is 4.79 Å². The number of rotatable bonds is 4. The Morgan fingerprint density at radius 3 is 2.70 bits per heavy atom. The van der Waals surface area contributed by atoms with Crippen LogP contribution >= 0.6 is 0 Å². The molecule has 0 spiro atoms. The summed E-state index contributed by atoms with van der Waals surface area (Å²) in [5.74, 6) is 1.10. The molecule has 0 N–H and O–H groups in total. The Hall–Kier alpha value is -2.77. The van der Waals surface area contributed by atoms with E-state index in [2.05, 4.69) is 19.9 Å². The van der Waals surface area contributed by atoms with Crippen LogP contribution < -0.4 is 9.64 Å². The number of anilines is 1. The molecule has 2 aromatic heterocycles. The molecule has 3 heterocycles. The molecule has 1 aliphatic rings. The van der Waals surface area contributed by atoms with Crippen LogP contribution in [0.5, 0.6) is 5.88 Å². The molecule has 0 radical (unpaired) electrons. The molecule has 23 heavy (non-hydrogen) atoms. The quantitative estimate of drug-likeness (QED) is 0.818. The van der Waals surface area contributed by atoms with E-state index < -0.39 is 0 Å². The first-order valence-corrected chi connectivity index (χ1v) is 7.54. The Balaban J connectivity index is 1.62. The van der Waals surface area contributed by atoms with E-state index in [1.165, 1.54) is 12.4 Å². The number of nitrogens with zero attached hydrogens (tertiary/aromatic N) is 6. The first kappa shape index (κ1) is 15.1. The van der Waals surface area contributed by atoms with Gasteiger partial charge in [0.05, 0.1) is 12.8 Å². The third kappa shape index (κ3) is 3.53. The lowest BCUT2D eigenvalue weighted by Gasteiger charge is -2.34. The second-order valence-electron chi connectivity index (χ2n) is 5.00. The van der Waals surface area contributed by atoms with E-state index in [1.807, 2.05) is 11.8 Å². The van der Waals surface area contributed by atoms with Gasteiger partial charge < -0.3 is 14.5 Å². The molecule has 1 amide bonds. The molecule has 8 heteroatoms.